The largest absolute Gasteiger partial charge is 0.399 e. The number of carbonyl (C=O) groups is 1. The first-order valence-electron chi connectivity index (χ1n) is 5.68. The van der Waals surface area contributed by atoms with Crippen molar-refractivity contribution in [2.45, 2.75) is 0 Å². The van der Waals surface area contributed by atoms with Crippen molar-refractivity contribution < 1.29 is 9.72 Å². The predicted octanol–water partition coefficient (Wildman–Crippen LogP) is 3.85. The number of rotatable bonds is 3. The Bertz CT molecular complexity index is 716. The number of hydrogen-bond acceptors (Lipinski definition) is 4. The monoisotopic (exact) mass is 369 g/mol. The lowest BCUT2D eigenvalue weighted by Gasteiger charge is -2.07. The minimum Gasteiger partial charge on any atom is -0.399 e. The molecule has 8 heteroatoms. The van der Waals surface area contributed by atoms with Crippen LogP contribution in [-0.2, 0) is 0 Å². The van der Waals surface area contributed by atoms with E-state index in [4.69, 9.17) is 17.3 Å². The number of nitrogen functional groups attached to an aromatic ring is 1. The number of amides is 1. The van der Waals surface area contributed by atoms with Gasteiger partial charge in [0.1, 0.15) is 5.02 Å². The van der Waals surface area contributed by atoms with E-state index in [9.17, 15) is 14.9 Å². The van der Waals surface area contributed by atoms with E-state index in [0.29, 0.717) is 21.4 Å². The fourth-order valence-corrected chi connectivity index (χ4v) is 2.44. The lowest BCUT2D eigenvalue weighted by molar-refractivity contribution is -0.384. The zero-order valence-corrected chi connectivity index (χ0v) is 12.8. The molecule has 0 aliphatic carbocycles. The van der Waals surface area contributed by atoms with Crippen molar-refractivity contribution in [3.05, 3.63) is 61.6 Å². The summed E-state index contributed by atoms with van der Waals surface area (Å²) >= 11 is 9.03. The van der Waals surface area contributed by atoms with Crippen molar-refractivity contribution in [2.75, 3.05) is 11.1 Å². The second-order valence-electron chi connectivity index (χ2n) is 4.15. The third-order valence-electron chi connectivity index (χ3n) is 2.58. The third kappa shape index (κ3) is 3.71. The molecule has 0 bridgehead atoms. The first-order chi connectivity index (χ1) is 9.86. The Balaban J connectivity index is 2.23. The Morgan fingerprint density at radius 3 is 2.57 bits per heavy atom. The van der Waals surface area contributed by atoms with Gasteiger partial charge in [0.15, 0.2) is 0 Å². The number of benzene rings is 2. The van der Waals surface area contributed by atoms with Gasteiger partial charge in [0.25, 0.3) is 11.6 Å². The molecule has 0 spiro atoms. The molecule has 0 fully saturated rings. The van der Waals surface area contributed by atoms with Crippen LogP contribution >= 0.6 is 27.5 Å². The molecule has 0 atom stereocenters. The van der Waals surface area contributed by atoms with Gasteiger partial charge in [-0.3, -0.25) is 14.9 Å². The number of nitro groups is 1. The highest BCUT2D eigenvalue weighted by atomic mass is 79.9. The SMILES string of the molecule is Nc1cc(Br)cc(C(=O)Nc2ccc([N+](=O)[O-])c(Cl)c2)c1. The Morgan fingerprint density at radius 1 is 1.29 bits per heavy atom. The molecular formula is C13H9BrClN3O3. The van der Waals surface area contributed by atoms with E-state index in [1.54, 1.807) is 12.1 Å². The number of hydrogen-bond donors (Lipinski definition) is 2. The van der Waals surface area contributed by atoms with Crippen LogP contribution in [0.2, 0.25) is 5.02 Å². The van der Waals surface area contributed by atoms with Gasteiger partial charge in [0.2, 0.25) is 0 Å². The standard InChI is InChI=1S/C13H9BrClN3O3/c14-8-3-7(4-9(16)5-8)13(19)17-10-1-2-12(18(20)21)11(15)6-10/h1-6H,16H2,(H,17,19). The van der Waals surface area contributed by atoms with Gasteiger partial charge in [-0.15, -0.1) is 0 Å². The summed E-state index contributed by atoms with van der Waals surface area (Å²) in [6.45, 7) is 0. The highest BCUT2D eigenvalue weighted by Gasteiger charge is 2.14. The van der Waals surface area contributed by atoms with Crippen LogP contribution in [0.3, 0.4) is 0 Å². The Hall–Kier alpha value is -2.12. The lowest BCUT2D eigenvalue weighted by atomic mass is 10.2. The molecule has 0 saturated carbocycles. The van der Waals surface area contributed by atoms with Crippen molar-refractivity contribution >= 4 is 50.5 Å². The smallest absolute Gasteiger partial charge is 0.288 e. The summed E-state index contributed by atoms with van der Waals surface area (Å²) in [6.07, 6.45) is 0. The van der Waals surface area contributed by atoms with E-state index < -0.39 is 10.8 Å². The molecule has 2 aromatic carbocycles. The van der Waals surface area contributed by atoms with Crippen molar-refractivity contribution in [2.24, 2.45) is 0 Å². The summed E-state index contributed by atoms with van der Waals surface area (Å²) < 4.78 is 0.675. The average Bonchev–Trinajstić information content (AvgIpc) is 2.37. The molecule has 108 valence electrons. The molecule has 2 rings (SSSR count). The summed E-state index contributed by atoms with van der Waals surface area (Å²) in [5, 5.41) is 13.2. The van der Waals surface area contributed by atoms with Crippen LogP contribution < -0.4 is 11.1 Å². The minimum absolute atomic E-state index is 0.0495. The van der Waals surface area contributed by atoms with Crippen LogP contribution in [0.4, 0.5) is 17.1 Å². The molecule has 0 aliphatic rings. The fourth-order valence-electron chi connectivity index (χ4n) is 1.68. The molecule has 0 heterocycles. The molecular weight excluding hydrogens is 362 g/mol. The number of halogens is 2. The average molecular weight is 371 g/mol. The summed E-state index contributed by atoms with van der Waals surface area (Å²) in [5.41, 5.74) is 6.60. The molecule has 0 aliphatic heterocycles. The maximum Gasteiger partial charge on any atom is 0.288 e. The summed E-state index contributed by atoms with van der Waals surface area (Å²) in [4.78, 5) is 22.2. The normalized spacial score (nSPS) is 10.2. The van der Waals surface area contributed by atoms with Gasteiger partial charge < -0.3 is 11.1 Å². The number of nitrogens with one attached hydrogen (secondary N) is 1. The summed E-state index contributed by atoms with van der Waals surface area (Å²) in [5.74, 6) is -0.395. The second-order valence-corrected chi connectivity index (χ2v) is 5.47. The van der Waals surface area contributed by atoms with Crippen molar-refractivity contribution in [1.82, 2.24) is 0 Å². The Morgan fingerprint density at radius 2 is 2.00 bits per heavy atom. The molecule has 6 nitrogen and oxygen atoms in total. The van der Waals surface area contributed by atoms with Gasteiger partial charge in [0, 0.05) is 27.5 Å². The summed E-state index contributed by atoms with van der Waals surface area (Å²) in [6, 6.07) is 8.75. The topological polar surface area (TPSA) is 98.3 Å². The van der Waals surface area contributed by atoms with Gasteiger partial charge >= 0.3 is 0 Å². The number of carbonyl (C=O) groups excluding carboxylic acids is 1. The minimum atomic E-state index is -0.594. The molecule has 1 amide bonds. The maximum absolute atomic E-state index is 12.1. The van der Waals surface area contributed by atoms with E-state index in [0.717, 1.165) is 0 Å². The molecule has 3 N–H and O–H groups in total. The van der Waals surface area contributed by atoms with Gasteiger partial charge in [-0.25, -0.2) is 0 Å². The van der Waals surface area contributed by atoms with Gasteiger partial charge in [0.05, 0.1) is 4.92 Å². The lowest BCUT2D eigenvalue weighted by Crippen LogP contribution is -2.12. The predicted molar refractivity (Wildman–Crippen MR) is 84.6 cm³/mol. The quantitative estimate of drug-likeness (QED) is 0.487. The van der Waals surface area contributed by atoms with Crippen LogP contribution in [0.15, 0.2) is 40.9 Å². The van der Waals surface area contributed by atoms with Gasteiger partial charge in [-0.05, 0) is 30.3 Å². The highest BCUT2D eigenvalue weighted by molar-refractivity contribution is 9.10. The zero-order chi connectivity index (χ0) is 15.6. The number of nitrogens with two attached hydrogens (primary N) is 1. The van der Waals surface area contributed by atoms with E-state index in [2.05, 4.69) is 21.2 Å². The third-order valence-corrected chi connectivity index (χ3v) is 3.35. The first-order valence-corrected chi connectivity index (χ1v) is 6.85. The maximum atomic E-state index is 12.1. The molecule has 21 heavy (non-hydrogen) atoms. The molecule has 0 aromatic heterocycles. The van der Waals surface area contributed by atoms with Crippen LogP contribution in [0.1, 0.15) is 10.4 Å². The van der Waals surface area contributed by atoms with Crippen LogP contribution in [0.25, 0.3) is 0 Å². The van der Waals surface area contributed by atoms with E-state index in [1.165, 1.54) is 24.3 Å². The molecule has 0 unspecified atom stereocenters. The number of nitrogens with zero attached hydrogens (tertiary/aromatic N) is 1. The van der Waals surface area contributed by atoms with Crippen LogP contribution in [0.5, 0.6) is 0 Å². The van der Waals surface area contributed by atoms with Gasteiger partial charge in [-0.2, -0.15) is 0 Å². The highest BCUT2D eigenvalue weighted by Crippen LogP contribution is 2.27. The molecule has 0 saturated heterocycles. The van der Waals surface area contributed by atoms with Crippen molar-refractivity contribution in [3.63, 3.8) is 0 Å². The number of nitro benzene ring substituents is 1. The summed E-state index contributed by atoms with van der Waals surface area (Å²) in [7, 11) is 0. The van der Waals surface area contributed by atoms with Gasteiger partial charge in [-0.1, -0.05) is 27.5 Å². The van der Waals surface area contributed by atoms with E-state index >= 15 is 0 Å². The first kappa shape index (κ1) is 15.3. The van der Waals surface area contributed by atoms with Crippen LogP contribution in [0, 0.1) is 10.1 Å². The zero-order valence-electron chi connectivity index (χ0n) is 10.5. The van der Waals surface area contributed by atoms with Crippen molar-refractivity contribution in [3.8, 4) is 0 Å². The molecule has 2 aromatic rings. The molecule has 0 radical (unpaired) electrons. The Labute approximate surface area is 133 Å². The van der Waals surface area contributed by atoms with Crippen molar-refractivity contribution in [1.29, 1.82) is 0 Å². The van der Waals surface area contributed by atoms with E-state index in [-0.39, 0.29) is 10.7 Å². The second kappa shape index (κ2) is 6.11. The number of anilines is 2. The van der Waals surface area contributed by atoms with Crippen LogP contribution in [-0.4, -0.2) is 10.8 Å². The van der Waals surface area contributed by atoms with E-state index in [1.807, 2.05) is 0 Å². The fraction of sp³-hybridized carbons (Fsp3) is 0. The Kier molecular flexibility index (Phi) is 4.44.